The molecule has 2 aromatic carbocycles. The Balaban J connectivity index is 2.10. The number of carbonyl (C=O) groups is 1. The standard InChI is InChI=1S/C16H13F2NO3/c1-2-22-10-5-3-9(4-6-10)16(21)11-7-8-12(17)13(18)14(11)19-15(16)20/h3-8,21H,2H2,1H3,(H,19,20). The first-order valence-electron chi connectivity index (χ1n) is 6.74. The van der Waals surface area contributed by atoms with Crippen molar-refractivity contribution >= 4 is 11.6 Å². The lowest BCUT2D eigenvalue weighted by molar-refractivity contribution is -0.129. The van der Waals surface area contributed by atoms with Gasteiger partial charge in [0.05, 0.1) is 12.3 Å². The number of carbonyl (C=O) groups excluding carboxylic acids is 1. The normalized spacial score (nSPS) is 19.7. The Bertz CT molecular complexity index is 746. The lowest BCUT2D eigenvalue weighted by Gasteiger charge is -2.21. The predicted octanol–water partition coefficient (Wildman–Crippen LogP) is 2.55. The van der Waals surface area contributed by atoms with Gasteiger partial charge >= 0.3 is 0 Å². The molecule has 0 aromatic heterocycles. The fourth-order valence-corrected chi connectivity index (χ4v) is 2.55. The number of benzene rings is 2. The second-order valence-electron chi connectivity index (χ2n) is 4.91. The van der Waals surface area contributed by atoms with E-state index in [1.807, 2.05) is 6.92 Å². The van der Waals surface area contributed by atoms with Crippen LogP contribution in [0.4, 0.5) is 14.5 Å². The van der Waals surface area contributed by atoms with Crippen molar-refractivity contribution in [3.05, 3.63) is 59.2 Å². The monoisotopic (exact) mass is 305 g/mol. The van der Waals surface area contributed by atoms with Crippen LogP contribution >= 0.6 is 0 Å². The van der Waals surface area contributed by atoms with Crippen molar-refractivity contribution in [2.24, 2.45) is 0 Å². The first-order valence-corrected chi connectivity index (χ1v) is 6.74. The number of halogens is 2. The maximum Gasteiger partial charge on any atom is 0.265 e. The van der Waals surface area contributed by atoms with Crippen LogP contribution in [0, 0.1) is 11.6 Å². The van der Waals surface area contributed by atoms with Gasteiger partial charge in [0.1, 0.15) is 5.75 Å². The molecule has 1 heterocycles. The van der Waals surface area contributed by atoms with Gasteiger partial charge in [-0.25, -0.2) is 8.78 Å². The van der Waals surface area contributed by atoms with Crippen molar-refractivity contribution < 1.29 is 23.4 Å². The van der Waals surface area contributed by atoms with Crippen LogP contribution in [0.3, 0.4) is 0 Å². The highest BCUT2D eigenvalue weighted by atomic mass is 19.2. The van der Waals surface area contributed by atoms with Crippen molar-refractivity contribution in [2.75, 3.05) is 11.9 Å². The number of fused-ring (bicyclic) bond motifs is 1. The number of aliphatic hydroxyl groups is 1. The van der Waals surface area contributed by atoms with Gasteiger partial charge < -0.3 is 15.2 Å². The number of amides is 1. The Morgan fingerprint density at radius 1 is 1.18 bits per heavy atom. The number of anilines is 1. The molecule has 4 nitrogen and oxygen atoms in total. The molecule has 114 valence electrons. The minimum absolute atomic E-state index is 0.0134. The maximum atomic E-state index is 13.8. The molecule has 22 heavy (non-hydrogen) atoms. The Morgan fingerprint density at radius 2 is 1.86 bits per heavy atom. The van der Waals surface area contributed by atoms with Gasteiger partial charge in [0, 0.05) is 5.56 Å². The Hall–Kier alpha value is -2.47. The molecule has 0 bridgehead atoms. The maximum absolute atomic E-state index is 13.8. The zero-order valence-corrected chi connectivity index (χ0v) is 11.7. The molecule has 1 amide bonds. The zero-order valence-electron chi connectivity index (χ0n) is 11.7. The molecule has 0 spiro atoms. The molecule has 1 unspecified atom stereocenters. The minimum atomic E-state index is -2.06. The van der Waals surface area contributed by atoms with Gasteiger partial charge in [-0.1, -0.05) is 18.2 Å². The molecule has 0 fully saturated rings. The number of hydrogen-bond acceptors (Lipinski definition) is 3. The summed E-state index contributed by atoms with van der Waals surface area (Å²) < 4.78 is 32.3. The van der Waals surface area contributed by atoms with Crippen LogP contribution in [-0.2, 0) is 10.4 Å². The SMILES string of the molecule is CCOc1ccc(C2(O)C(=O)Nc3c2ccc(F)c3F)cc1. The van der Waals surface area contributed by atoms with Crippen LogP contribution in [0.5, 0.6) is 5.75 Å². The molecule has 1 atom stereocenters. The van der Waals surface area contributed by atoms with Gasteiger partial charge in [0.25, 0.3) is 5.91 Å². The third-order valence-corrected chi connectivity index (χ3v) is 3.63. The van der Waals surface area contributed by atoms with Crippen LogP contribution in [-0.4, -0.2) is 17.6 Å². The third kappa shape index (κ3) is 1.95. The molecular weight excluding hydrogens is 292 g/mol. The molecule has 0 saturated heterocycles. The highest BCUT2D eigenvalue weighted by molar-refractivity contribution is 6.07. The summed E-state index contributed by atoms with van der Waals surface area (Å²) in [7, 11) is 0. The van der Waals surface area contributed by atoms with E-state index in [0.717, 1.165) is 6.07 Å². The average Bonchev–Trinajstić information content (AvgIpc) is 2.78. The zero-order chi connectivity index (χ0) is 15.9. The van der Waals surface area contributed by atoms with E-state index in [4.69, 9.17) is 4.74 Å². The van der Waals surface area contributed by atoms with Crippen LogP contribution in [0.15, 0.2) is 36.4 Å². The van der Waals surface area contributed by atoms with Crippen LogP contribution in [0.2, 0.25) is 0 Å². The van der Waals surface area contributed by atoms with E-state index < -0.39 is 23.1 Å². The molecule has 0 saturated carbocycles. The van der Waals surface area contributed by atoms with E-state index in [9.17, 15) is 18.7 Å². The van der Waals surface area contributed by atoms with Crippen molar-refractivity contribution in [2.45, 2.75) is 12.5 Å². The molecule has 6 heteroatoms. The van der Waals surface area contributed by atoms with Crippen LogP contribution in [0.1, 0.15) is 18.1 Å². The van der Waals surface area contributed by atoms with E-state index in [0.29, 0.717) is 12.4 Å². The highest BCUT2D eigenvalue weighted by Crippen LogP contribution is 2.42. The average molecular weight is 305 g/mol. The highest BCUT2D eigenvalue weighted by Gasteiger charge is 2.48. The Labute approximate surface area is 125 Å². The first kappa shape index (κ1) is 14.5. The summed E-state index contributed by atoms with van der Waals surface area (Å²) in [5.74, 6) is -2.52. The lowest BCUT2D eigenvalue weighted by atomic mass is 9.87. The molecule has 1 aliphatic heterocycles. The van der Waals surface area contributed by atoms with Gasteiger partial charge in [0.2, 0.25) is 0 Å². The summed E-state index contributed by atoms with van der Waals surface area (Å²) in [5, 5.41) is 13.0. The quantitative estimate of drug-likeness (QED) is 0.916. The molecule has 2 aromatic rings. The van der Waals surface area contributed by atoms with E-state index in [2.05, 4.69) is 5.32 Å². The summed E-state index contributed by atoms with van der Waals surface area (Å²) in [6, 6.07) is 8.31. The van der Waals surface area contributed by atoms with Gasteiger partial charge in [-0.15, -0.1) is 0 Å². The molecule has 2 N–H and O–H groups in total. The topological polar surface area (TPSA) is 58.6 Å². The number of hydrogen-bond donors (Lipinski definition) is 2. The summed E-state index contributed by atoms with van der Waals surface area (Å²) in [5.41, 5.74) is -2.16. The summed E-state index contributed by atoms with van der Waals surface area (Å²) in [6.45, 7) is 2.32. The molecule has 3 rings (SSSR count). The van der Waals surface area contributed by atoms with Crippen LogP contribution < -0.4 is 10.1 Å². The molecule has 1 aliphatic rings. The smallest absolute Gasteiger partial charge is 0.265 e. The van der Waals surface area contributed by atoms with Gasteiger partial charge in [0.15, 0.2) is 17.2 Å². The summed E-state index contributed by atoms with van der Waals surface area (Å²) >= 11 is 0. The van der Waals surface area contributed by atoms with Gasteiger partial charge in [-0.05, 0) is 30.7 Å². The van der Waals surface area contributed by atoms with E-state index >= 15 is 0 Å². The van der Waals surface area contributed by atoms with Crippen molar-refractivity contribution in [1.29, 1.82) is 0 Å². The lowest BCUT2D eigenvalue weighted by Crippen LogP contribution is -2.35. The number of ether oxygens (including phenoxy) is 1. The Kier molecular flexibility index (Phi) is 3.33. The fourth-order valence-electron chi connectivity index (χ4n) is 2.55. The minimum Gasteiger partial charge on any atom is -0.494 e. The van der Waals surface area contributed by atoms with E-state index in [1.54, 1.807) is 12.1 Å². The number of rotatable bonds is 3. The Morgan fingerprint density at radius 3 is 2.50 bits per heavy atom. The summed E-state index contributed by atoms with van der Waals surface area (Å²) in [6.07, 6.45) is 0. The van der Waals surface area contributed by atoms with Crippen molar-refractivity contribution in [3.63, 3.8) is 0 Å². The van der Waals surface area contributed by atoms with Gasteiger partial charge in [-0.2, -0.15) is 0 Å². The second kappa shape index (κ2) is 5.06. The summed E-state index contributed by atoms with van der Waals surface area (Å²) in [4.78, 5) is 12.1. The van der Waals surface area contributed by atoms with E-state index in [-0.39, 0.29) is 16.8 Å². The fraction of sp³-hybridized carbons (Fsp3) is 0.188. The van der Waals surface area contributed by atoms with E-state index in [1.165, 1.54) is 18.2 Å². The molecule has 0 radical (unpaired) electrons. The number of nitrogens with one attached hydrogen (secondary N) is 1. The molecular formula is C16H13F2NO3. The third-order valence-electron chi connectivity index (χ3n) is 3.63. The first-order chi connectivity index (χ1) is 10.5. The van der Waals surface area contributed by atoms with Crippen LogP contribution in [0.25, 0.3) is 0 Å². The second-order valence-corrected chi connectivity index (χ2v) is 4.91. The predicted molar refractivity (Wildman–Crippen MR) is 75.6 cm³/mol. The molecule has 0 aliphatic carbocycles. The van der Waals surface area contributed by atoms with Crippen molar-refractivity contribution in [1.82, 2.24) is 0 Å². The van der Waals surface area contributed by atoms with Gasteiger partial charge in [-0.3, -0.25) is 4.79 Å². The van der Waals surface area contributed by atoms with Crippen molar-refractivity contribution in [3.8, 4) is 5.75 Å². The largest absolute Gasteiger partial charge is 0.494 e.